The summed E-state index contributed by atoms with van der Waals surface area (Å²) in [5.41, 5.74) is 0. The maximum atomic E-state index is 13.1. The molecule has 1 N–H and O–H groups in total. The maximum Gasteiger partial charge on any atom is 0.318 e. The third kappa shape index (κ3) is 3.99. The number of carboxylic acids is 1. The van der Waals surface area contributed by atoms with Gasteiger partial charge in [-0.25, -0.2) is 12.8 Å². The Morgan fingerprint density at radius 3 is 2.58 bits per heavy atom. The number of carboxylic acid groups (broad SMARTS) is 1. The van der Waals surface area contributed by atoms with E-state index in [0.717, 1.165) is 22.5 Å². The molecule has 0 bridgehead atoms. The highest BCUT2D eigenvalue weighted by Gasteiger charge is 2.26. The van der Waals surface area contributed by atoms with Crippen molar-refractivity contribution in [3.8, 4) is 0 Å². The molecular weight excluding hydrogens is 341 g/mol. The summed E-state index contributed by atoms with van der Waals surface area (Å²) in [6.07, 6.45) is 0.481. The van der Waals surface area contributed by atoms with Crippen molar-refractivity contribution in [3.05, 3.63) is 28.5 Å². The Morgan fingerprint density at radius 1 is 1.47 bits per heavy atom. The van der Waals surface area contributed by atoms with Gasteiger partial charge in [-0.3, -0.25) is 4.79 Å². The quantitative estimate of drug-likeness (QED) is 0.849. The summed E-state index contributed by atoms with van der Waals surface area (Å²) in [5.74, 6) is -1.82. The molecule has 0 saturated carbocycles. The summed E-state index contributed by atoms with van der Waals surface area (Å²) in [6.45, 7) is 1.21. The van der Waals surface area contributed by atoms with Crippen molar-refractivity contribution in [2.75, 3.05) is 13.1 Å². The second-order valence-electron chi connectivity index (χ2n) is 3.81. The van der Waals surface area contributed by atoms with Crippen LogP contribution in [0.4, 0.5) is 4.39 Å². The lowest BCUT2D eigenvalue weighted by atomic mass is 10.3. The van der Waals surface area contributed by atoms with Gasteiger partial charge < -0.3 is 5.11 Å². The monoisotopic (exact) mass is 353 g/mol. The Labute approximate surface area is 119 Å². The molecule has 1 rings (SSSR count). The van der Waals surface area contributed by atoms with Crippen molar-refractivity contribution in [3.63, 3.8) is 0 Å². The molecule has 0 unspecified atom stereocenters. The minimum atomic E-state index is -3.94. The van der Waals surface area contributed by atoms with E-state index < -0.39 is 28.4 Å². The summed E-state index contributed by atoms with van der Waals surface area (Å²) in [5, 5.41) is 8.74. The van der Waals surface area contributed by atoms with E-state index >= 15 is 0 Å². The first-order chi connectivity index (χ1) is 8.78. The highest BCUT2D eigenvalue weighted by atomic mass is 79.9. The molecule has 106 valence electrons. The summed E-state index contributed by atoms with van der Waals surface area (Å²) in [7, 11) is -3.94. The molecule has 0 radical (unpaired) electrons. The number of rotatable bonds is 6. The maximum absolute atomic E-state index is 13.1. The van der Waals surface area contributed by atoms with Gasteiger partial charge in [0, 0.05) is 6.54 Å². The highest BCUT2D eigenvalue weighted by Crippen LogP contribution is 2.22. The van der Waals surface area contributed by atoms with Gasteiger partial charge in [-0.2, -0.15) is 4.31 Å². The first kappa shape index (κ1) is 16.1. The molecule has 0 saturated heterocycles. The van der Waals surface area contributed by atoms with E-state index in [9.17, 15) is 17.6 Å². The van der Waals surface area contributed by atoms with Crippen LogP contribution >= 0.6 is 15.9 Å². The average Bonchev–Trinajstić information content (AvgIpc) is 2.31. The van der Waals surface area contributed by atoms with Crippen LogP contribution in [0.5, 0.6) is 0 Å². The van der Waals surface area contributed by atoms with Gasteiger partial charge >= 0.3 is 5.97 Å². The van der Waals surface area contributed by atoms with Crippen molar-refractivity contribution in [1.29, 1.82) is 0 Å². The van der Waals surface area contributed by atoms with E-state index in [2.05, 4.69) is 15.9 Å². The fraction of sp³-hybridized carbons (Fsp3) is 0.364. The fourth-order valence-corrected chi connectivity index (χ4v) is 3.51. The van der Waals surface area contributed by atoms with E-state index in [1.54, 1.807) is 6.92 Å². The van der Waals surface area contributed by atoms with Crippen molar-refractivity contribution in [2.45, 2.75) is 18.2 Å². The lowest BCUT2D eigenvalue weighted by Gasteiger charge is -2.19. The average molecular weight is 354 g/mol. The van der Waals surface area contributed by atoms with Gasteiger partial charge in [0.2, 0.25) is 10.0 Å². The number of carbonyl (C=O) groups is 1. The molecule has 8 heteroatoms. The third-order valence-electron chi connectivity index (χ3n) is 2.31. The number of benzene rings is 1. The van der Waals surface area contributed by atoms with E-state index in [4.69, 9.17) is 5.11 Å². The Balaban J connectivity index is 3.18. The molecule has 1 aromatic carbocycles. The second kappa shape index (κ2) is 6.44. The van der Waals surface area contributed by atoms with Crippen LogP contribution < -0.4 is 0 Å². The van der Waals surface area contributed by atoms with Gasteiger partial charge in [0.25, 0.3) is 0 Å². The molecule has 0 fully saturated rings. The first-order valence-electron chi connectivity index (χ1n) is 5.46. The van der Waals surface area contributed by atoms with Crippen LogP contribution in [0.1, 0.15) is 13.3 Å². The summed E-state index contributed by atoms with van der Waals surface area (Å²) < 4.78 is 38.4. The molecule has 0 aliphatic carbocycles. The number of hydrogen-bond acceptors (Lipinski definition) is 3. The first-order valence-corrected chi connectivity index (χ1v) is 7.69. The topological polar surface area (TPSA) is 74.7 Å². The lowest BCUT2D eigenvalue weighted by Crippen LogP contribution is -2.36. The summed E-state index contributed by atoms with van der Waals surface area (Å²) in [6, 6.07) is 3.25. The summed E-state index contributed by atoms with van der Waals surface area (Å²) in [4.78, 5) is 10.6. The molecule has 1 aromatic rings. The van der Waals surface area contributed by atoms with Crippen LogP contribution in [-0.2, 0) is 14.8 Å². The zero-order chi connectivity index (χ0) is 14.6. The molecule has 0 aliphatic rings. The normalized spacial score (nSPS) is 11.8. The van der Waals surface area contributed by atoms with Gasteiger partial charge in [0.15, 0.2) is 0 Å². The Kier molecular flexibility index (Phi) is 5.45. The standard InChI is InChI=1S/C11H13BrFNO4S/c1-2-5-14(7-11(15)16)19(17,18)8-3-4-10(13)9(12)6-8/h3-4,6H,2,5,7H2,1H3,(H,15,16). The number of hydrogen-bond donors (Lipinski definition) is 1. The number of aliphatic carboxylic acids is 1. The number of nitrogens with zero attached hydrogens (tertiary/aromatic N) is 1. The smallest absolute Gasteiger partial charge is 0.318 e. The van der Waals surface area contributed by atoms with Crippen LogP contribution in [0, 0.1) is 5.82 Å². The molecule has 0 aliphatic heterocycles. The van der Waals surface area contributed by atoms with E-state index in [0.29, 0.717) is 6.42 Å². The zero-order valence-corrected chi connectivity index (χ0v) is 12.5. The van der Waals surface area contributed by atoms with E-state index in [1.165, 1.54) is 0 Å². The number of halogens is 2. The predicted octanol–water partition coefficient (Wildman–Crippen LogP) is 2.07. The molecule has 0 heterocycles. The molecule has 0 amide bonds. The van der Waals surface area contributed by atoms with Crippen LogP contribution in [0.15, 0.2) is 27.6 Å². The molecule has 0 aromatic heterocycles. The van der Waals surface area contributed by atoms with E-state index in [-0.39, 0.29) is 15.9 Å². The minimum absolute atomic E-state index is 0.0142. The van der Waals surface area contributed by atoms with Crippen LogP contribution in [0.25, 0.3) is 0 Å². The number of sulfonamides is 1. The molecule has 5 nitrogen and oxygen atoms in total. The van der Waals surface area contributed by atoms with Gasteiger partial charge in [0.05, 0.1) is 9.37 Å². The highest BCUT2D eigenvalue weighted by molar-refractivity contribution is 9.10. The largest absolute Gasteiger partial charge is 0.480 e. The fourth-order valence-electron chi connectivity index (χ4n) is 1.47. The molecule has 0 spiro atoms. The van der Waals surface area contributed by atoms with Crippen molar-refractivity contribution < 1.29 is 22.7 Å². The minimum Gasteiger partial charge on any atom is -0.480 e. The third-order valence-corrected chi connectivity index (χ3v) is 4.76. The van der Waals surface area contributed by atoms with Crippen molar-refractivity contribution in [2.24, 2.45) is 0 Å². The van der Waals surface area contributed by atoms with Crippen LogP contribution in [0.3, 0.4) is 0 Å². The van der Waals surface area contributed by atoms with Gasteiger partial charge in [-0.05, 0) is 40.5 Å². The Bertz CT molecular complexity index is 576. The van der Waals surface area contributed by atoms with Crippen LogP contribution in [-0.4, -0.2) is 36.9 Å². The van der Waals surface area contributed by atoms with Gasteiger partial charge in [-0.1, -0.05) is 6.92 Å². The zero-order valence-electron chi connectivity index (χ0n) is 10.1. The Morgan fingerprint density at radius 2 is 2.11 bits per heavy atom. The van der Waals surface area contributed by atoms with Crippen LogP contribution in [0.2, 0.25) is 0 Å². The lowest BCUT2D eigenvalue weighted by molar-refractivity contribution is -0.137. The molecule has 19 heavy (non-hydrogen) atoms. The molecular formula is C11H13BrFNO4S. The Hall–Kier alpha value is -0.990. The predicted molar refractivity (Wildman–Crippen MR) is 70.8 cm³/mol. The van der Waals surface area contributed by atoms with E-state index in [1.807, 2.05) is 0 Å². The van der Waals surface area contributed by atoms with Crippen molar-refractivity contribution in [1.82, 2.24) is 4.31 Å². The SMILES string of the molecule is CCCN(CC(=O)O)S(=O)(=O)c1ccc(F)c(Br)c1. The molecule has 0 atom stereocenters. The van der Waals surface area contributed by atoms with Gasteiger partial charge in [-0.15, -0.1) is 0 Å². The van der Waals surface area contributed by atoms with Crippen molar-refractivity contribution >= 4 is 31.9 Å². The van der Waals surface area contributed by atoms with Gasteiger partial charge in [0.1, 0.15) is 12.4 Å². The summed E-state index contributed by atoms with van der Waals surface area (Å²) >= 11 is 2.90. The second-order valence-corrected chi connectivity index (χ2v) is 6.60.